The average molecular weight is 276 g/mol. The van der Waals surface area contributed by atoms with E-state index in [2.05, 4.69) is 4.98 Å². The predicted molar refractivity (Wildman–Crippen MR) is 84.8 cm³/mol. The highest BCUT2D eigenvalue weighted by Crippen LogP contribution is 2.12. The van der Waals surface area contributed by atoms with Gasteiger partial charge in [-0.1, -0.05) is 48.5 Å². The Balaban J connectivity index is 1.62. The molecule has 0 spiro atoms. The van der Waals surface area contributed by atoms with Crippen LogP contribution in [0, 0.1) is 0 Å². The number of benzene rings is 2. The molecule has 21 heavy (non-hydrogen) atoms. The summed E-state index contributed by atoms with van der Waals surface area (Å²) in [6, 6.07) is 17.8. The Labute approximate surface area is 123 Å². The van der Waals surface area contributed by atoms with Gasteiger partial charge in [0.15, 0.2) is 5.78 Å². The lowest BCUT2D eigenvalue weighted by Crippen LogP contribution is -2.02. The lowest BCUT2D eigenvalue weighted by molar-refractivity contribution is -0.114. The molecule has 104 valence electrons. The Morgan fingerprint density at radius 2 is 1.81 bits per heavy atom. The molecule has 3 rings (SSSR count). The first-order chi connectivity index (χ1) is 10.3. The van der Waals surface area contributed by atoms with Gasteiger partial charge in [-0.15, -0.1) is 0 Å². The highest BCUT2D eigenvalue weighted by atomic mass is 16.1. The molecule has 3 aromatic rings. The molecule has 0 aliphatic heterocycles. The molecule has 0 radical (unpaired) electrons. The number of allylic oxidation sites excluding steroid dienone is 1. The number of para-hydroxylation sites is 2. The molecule has 0 atom stereocenters. The zero-order valence-corrected chi connectivity index (χ0v) is 11.6. The first-order valence-electron chi connectivity index (χ1n) is 6.99. The molecule has 0 amide bonds. The minimum absolute atomic E-state index is 0.122. The fraction of sp³-hybridized carbons (Fsp3) is 0.111. The number of carbonyl (C=O) groups is 1. The van der Waals surface area contributed by atoms with Gasteiger partial charge >= 0.3 is 0 Å². The molecule has 3 nitrogen and oxygen atoms in total. The summed E-state index contributed by atoms with van der Waals surface area (Å²) in [6.45, 7) is 0.651. The van der Waals surface area contributed by atoms with Gasteiger partial charge in [-0.2, -0.15) is 0 Å². The predicted octanol–water partition coefficient (Wildman–Crippen LogP) is 3.71. The third-order valence-electron chi connectivity index (χ3n) is 3.39. The second kappa shape index (κ2) is 6.18. The maximum absolute atomic E-state index is 11.9. The Hall–Kier alpha value is -2.68. The molecule has 0 unspecified atom stereocenters. The lowest BCUT2D eigenvalue weighted by Gasteiger charge is -2.01. The molecule has 1 aromatic heterocycles. The molecule has 0 saturated heterocycles. The minimum atomic E-state index is 0.122. The monoisotopic (exact) mass is 276 g/mol. The molecular weight excluding hydrogens is 260 g/mol. The molecule has 2 aromatic carbocycles. The summed E-state index contributed by atoms with van der Waals surface area (Å²) in [5.41, 5.74) is 3.07. The van der Waals surface area contributed by atoms with Gasteiger partial charge in [-0.25, -0.2) is 4.98 Å². The molecule has 0 bridgehead atoms. The SMILES string of the molecule is O=C(C=Cc1ccccc1)CCn1cnc2ccccc21. The van der Waals surface area contributed by atoms with Gasteiger partial charge in [0.2, 0.25) is 0 Å². The van der Waals surface area contributed by atoms with Crippen LogP contribution >= 0.6 is 0 Å². The van der Waals surface area contributed by atoms with Crippen LogP contribution < -0.4 is 0 Å². The maximum Gasteiger partial charge on any atom is 0.157 e. The van der Waals surface area contributed by atoms with E-state index in [4.69, 9.17) is 0 Å². The largest absolute Gasteiger partial charge is 0.330 e. The van der Waals surface area contributed by atoms with Crippen LogP contribution in [-0.2, 0) is 11.3 Å². The van der Waals surface area contributed by atoms with Crippen LogP contribution in [0.1, 0.15) is 12.0 Å². The normalized spacial score (nSPS) is 11.2. The summed E-state index contributed by atoms with van der Waals surface area (Å²) in [5.74, 6) is 0.122. The molecule has 0 saturated carbocycles. The van der Waals surface area contributed by atoms with Crippen molar-refractivity contribution in [3.63, 3.8) is 0 Å². The van der Waals surface area contributed by atoms with E-state index in [1.54, 1.807) is 12.4 Å². The van der Waals surface area contributed by atoms with Crippen LogP contribution in [0.4, 0.5) is 0 Å². The second-order valence-electron chi connectivity index (χ2n) is 4.89. The van der Waals surface area contributed by atoms with Crippen molar-refractivity contribution in [3.8, 4) is 0 Å². The Morgan fingerprint density at radius 1 is 1.05 bits per heavy atom. The van der Waals surface area contributed by atoms with Gasteiger partial charge in [0.25, 0.3) is 0 Å². The number of nitrogens with zero attached hydrogens (tertiary/aromatic N) is 2. The third kappa shape index (κ3) is 3.26. The fourth-order valence-corrected chi connectivity index (χ4v) is 2.26. The van der Waals surface area contributed by atoms with Crippen molar-refractivity contribution in [1.82, 2.24) is 9.55 Å². The van der Waals surface area contributed by atoms with Gasteiger partial charge < -0.3 is 4.57 Å². The van der Waals surface area contributed by atoms with Crippen molar-refractivity contribution >= 4 is 22.9 Å². The van der Waals surface area contributed by atoms with Crippen molar-refractivity contribution in [2.45, 2.75) is 13.0 Å². The number of imidazole rings is 1. The Bertz CT molecular complexity index is 772. The van der Waals surface area contributed by atoms with Gasteiger partial charge in [0.05, 0.1) is 17.4 Å². The summed E-state index contributed by atoms with van der Waals surface area (Å²) in [7, 11) is 0. The highest BCUT2D eigenvalue weighted by molar-refractivity contribution is 5.93. The summed E-state index contributed by atoms with van der Waals surface area (Å²) >= 11 is 0. The number of aryl methyl sites for hydroxylation is 1. The zero-order valence-electron chi connectivity index (χ0n) is 11.6. The number of aromatic nitrogens is 2. The first-order valence-corrected chi connectivity index (χ1v) is 6.99. The zero-order chi connectivity index (χ0) is 14.5. The van der Waals surface area contributed by atoms with Gasteiger partial charge in [0.1, 0.15) is 0 Å². The van der Waals surface area contributed by atoms with Crippen molar-refractivity contribution < 1.29 is 4.79 Å². The van der Waals surface area contributed by atoms with Crippen LogP contribution in [0.3, 0.4) is 0 Å². The van der Waals surface area contributed by atoms with Crippen molar-refractivity contribution in [3.05, 3.63) is 72.6 Å². The fourth-order valence-electron chi connectivity index (χ4n) is 2.26. The average Bonchev–Trinajstić information content (AvgIpc) is 2.95. The van der Waals surface area contributed by atoms with E-state index in [-0.39, 0.29) is 5.78 Å². The standard InChI is InChI=1S/C18H16N2O/c21-16(11-10-15-6-2-1-3-7-15)12-13-20-14-19-17-8-4-5-9-18(17)20/h1-11,14H,12-13H2. The molecule has 0 aliphatic carbocycles. The maximum atomic E-state index is 11.9. The summed E-state index contributed by atoms with van der Waals surface area (Å²) in [6.07, 6.45) is 5.77. The quantitative estimate of drug-likeness (QED) is 0.666. The number of ketones is 1. The number of hydrogen-bond acceptors (Lipinski definition) is 2. The van der Waals surface area contributed by atoms with E-state index in [0.29, 0.717) is 13.0 Å². The van der Waals surface area contributed by atoms with E-state index in [1.165, 1.54) is 0 Å². The molecule has 0 aliphatic rings. The molecule has 3 heteroatoms. The van der Waals surface area contributed by atoms with E-state index in [0.717, 1.165) is 16.6 Å². The smallest absolute Gasteiger partial charge is 0.157 e. The molecular formula is C18H16N2O. The summed E-state index contributed by atoms with van der Waals surface area (Å²) in [4.78, 5) is 16.3. The second-order valence-corrected chi connectivity index (χ2v) is 4.89. The van der Waals surface area contributed by atoms with Crippen LogP contribution in [0.2, 0.25) is 0 Å². The van der Waals surface area contributed by atoms with Crippen LogP contribution in [0.25, 0.3) is 17.1 Å². The van der Waals surface area contributed by atoms with E-state index < -0.39 is 0 Å². The van der Waals surface area contributed by atoms with Gasteiger partial charge in [-0.3, -0.25) is 4.79 Å². The molecule has 0 fully saturated rings. The topological polar surface area (TPSA) is 34.9 Å². The van der Waals surface area contributed by atoms with Crippen LogP contribution in [0.5, 0.6) is 0 Å². The lowest BCUT2D eigenvalue weighted by atomic mass is 10.2. The Kier molecular flexibility index (Phi) is 3.92. The minimum Gasteiger partial charge on any atom is -0.330 e. The number of hydrogen-bond donors (Lipinski definition) is 0. The number of fused-ring (bicyclic) bond motifs is 1. The van der Waals surface area contributed by atoms with Gasteiger partial charge in [0, 0.05) is 13.0 Å². The highest BCUT2D eigenvalue weighted by Gasteiger charge is 2.03. The molecule has 0 N–H and O–H groups in total. The van der Waals surface area contributed by atoms with Crippen LogP contribution in [0.15, 0.2) is 67.0 Å². The van der Waals surface area contributed by atoms with E-state index in [9.17, 15) is 4.79 Å². The summed E-state index contributed by atoms with van der Waals surface area (Å²) in [5, 5.41) is 0. The number of rotatable bonds is 5. The van der Waals surface area contributed by atoms with Crippen molar-refractivity contribution in [2.24, 2.45) is 0 Å². The number of carbonyl (C=O) groups excluding carboxylic acids is 1. The van der Waals surface area contributed by atoms with E-state index in [1.807, 2.05) is 65.2 Å². The van der Waals surface area contributed by atoms with Crippen LogP contribution in [-0.4, -0.2) is 15.3 Å². The van der Waals surface area contributed by atoms with Gasteiger partial charge in [-0.05, 0) is 23.8 Å². The van der Waals surface area contributed by atoms with E-state index >= 15 is 0 Å². The van der Waals surface area contributed by atoms with Crippen molar-refractivity contribution in [1.29, 1.82) is 0 Å². The first kappa shape index (κ1) is 13.3. The summed E-state index contributed by atoms with van der Waals surface area (Å²) < 4.78 is 2.02. The Morgan fingerprint density at radius 3 is 2.67 bits per heavy atom. The molecule has 1 heterocycles. The third-order valence-corrected chi connectivity index (χ3v) is 3.39. The van der Waals surface area contributed by atoms with Crippen molar-refractivity contribution in [2.75, 3.05) is 0 Å².